The topological polar surface area (TPSA) is 35.2 Å². The van der Waals surface area contributed by atoms with Crippen LogP contribution >= 0.6 is 0 Å². The zero-order chi connectivity index (χ0) is 8.39. The molecule has 2 fully saturated rings. The van der Waals surface area contributed by atoms with Gasteiger partial charge in [-0.1, -0.05) is 5.57 Å². The van der Waals surface area contributed by atoms with Crippen molar-refractivity contribution in [3.05, 3.63) is 11.1 Å². The van der Waals surface area contributed by atoms with E-state index in [0.717, 1.165) is 19.6 Å². The minimum atomic E-state index is 0.425. The standard InChI is InChI=1S/C10H17NO/c11-10-4-3-8(6-10)9-2-1-5-12-7-9/h10H,1-7,11H2/b9-8-. The van der Waals surface area contributed by atoms with E-state index in [1.807, 2.05) is 0 Å². The molecule has 1 saturated heterocycles. The van der Waals surface area contributed by atoms with Gasteiger partial charge in [-0.15, -0.1) is 0 Å². The van der Waals surface area contributed by atoms with Gasteiger partial charge in [-0.05, 0) is 37.7 Å². The van der Waals surface area contributed by atoms with Crippen LogP contribution in [0.4, 0.5) is 0 Å². The maximum Gasteiger partial charge on any atom is 0.0679 e. The van der Waals surface area contributed by atoms with Crippen LogP contribution < -0.4 is 5.73 Å². The van der Waals surface area contributed by atoms with Crippen LogP contribution in [0.25, 0.3) is 0 Å². The number of rotatable bonds is 0. The predicted molar refractivity (Wildman–Crippen MR) is 48.9 cm³/mol. The first-order valence-electron chi connectivity index (χ1n) is 4.89. The molecule has 1 aliphatic heterocycles. The first-order valence-corrected chi connectivity index (χ1v) is 4.89. The number of hydrogen-bond acceptors (Lipinski definition) is 2. The van der Waals surface area contributed by atoms with Crippen molar-refractivity contribution >= 4 is 0 Å². The van der Waals surface area contributed by atoms with E-state index in [2.05, 4.69) is 0 Å². The van der Waals surface area contributed by atoms with Crippen molar-refractivity contribution in [1.29, 1.82) is 0 Å². The normalized spacial score (nSPS) is 37.2. The summed E-state index contributed by atoms with van der Waals surface area (Å²) < 4.78 is 5.43. The average Bonchev–Trinajstić information content (AvgIpc) is 2.54. The van der Waals surface area contributed by atoms with Crippen molar-refractivity contribution in [2.24, 2.45) is 5.73 Å². The highest BCUT2D eigenvalue weighted by Crippen LogP contribution is 2.29. The van der Waals surface area contributed by atoms with Gasteiger partial charge in [-0.25, -0.2) is 0 Å². The number of hydrogen-bond donors (Lipinski definition) is 1. The highest BCUT2D eigenvalue weighted by molar-refractivity contribution is 5.20. The van der Waals surface area contributed by atoms with Crippen LogP contribution in [0.3, 0.4) is 0 Å². The molecule has 12 heavy (non-hydrogen) atoms. The van der Waals surface area contributed by atoms with Crippen LogP contribution in [0, 0.1) is 0 Å². The molecule has 1 saturated carbocycles. The van der Waals surface area contributed by atoms with Gasteiger partial charge in [0.15, 0.2) is 0 Å². The Balaban J connectivity index is 2.03. The molecule has 2 N–H and O–H groups in total. The first kappa shape index (κ1) is 8.27. The highest BCUT2D eigenvalue weighted by atomic mass is 16.5. The third-order valence-electron chi connectivity index (χ3n) is 2.87. The van der Waals surface area contributed by atoms with Gasteiger partial charge in [0, 0.05) is 12.6 Å². The molecule has 1 unspecified atom stereocenters. The fourth-order valence-electron chi connectivity index (χ4n) is 2.14. The quantitative estimate of drug-likeness (QED) is 0.556. The largest absolute Gasteiger partial charge is 0.377 e. The molecule has 0 bridgehead atoms. The lowest BCUT2D eigenvalue weighted by Gasteiger charge is -2.17. The van der Waals surface area contributed by atoms with Gasteiger partial charge in [0.25, 0.3) is 0 Å². The van der Waals surface area contributed by atoms with Gasteiger partial charge in [0.05, 0.1) is 6.61 Å². The Morgan fingerprint density at radius 1 is 1.25 bits per heavy atom. The van der Waals surface area contributed by atoms with Gasteiger partial charge < -0.3 is 10.5 Å². The zero-order valence-corrected chi connectivity index (χ0v) is 7.51. The molecule has 2 nitrogen and oxygen atoms in total. The second-order valence-corrected chi connectivity index (χ2v) is 3.87. The monoisotopic (exact) mass is 167 g/mol. The smallest absolute Gasteiger partial charge is 0.0679 e. The summed E-state index contributed by atoms with van der Waals surface area (Å²) in [6.45, 7) is 1.82. The fourth-order valence-corrected chi connectivity index (χ4v) is 2.14. The average molecular weight is 167 g/mol. The van der Waals surface area contributed by atoms with Crippen LogP contribution in [-0.2, 0) is 4.74 Å². The molecular formula is C10H17NO. The second-order valence-electron chi connectivity index (χ2n) is 3.87. The van der Waals surface area contributed by atoms with Crippen molar-refractivity contribution in [3.8, 4) is 0 Å². The third kappa shape index (κ3) is 1.70. The summed E-state index contributed by atoms with van der Waals surface area (Å²) in [6, 6.07) is 0.425. The summed E-state index contributed by atoms with van der Waals surface area (Å²) in [5, 5.41) is 0. The predicted octanol–water partition coefficient (Wildman–Crippen LogP) is 1.60. The maximum atomic E-state index is 5.86. The van der Waals surface area contributed by atoms with Gasteiger partial charge in [-0.2, -0.15) is 0 Å². The van der Waals surface area contributed by atoms with Crippen LogP contribution in [0.5, 0.6) is 0 Å². The highest BCUT2D eigenvalue weighted by Gasteiger charge is 2.19. The minimum Gasteiger partial charge on any atom is -0.377 e. The summed E-state index contributed by atoms with van der Waals surface area (Å²) in [4.78, 5) is 0. The molecule has 0 aromatic carbocycles. The molecule has 0 aromatic rings. The Morgan fingerprint density at radius 2 is 2.17 bits per heavy atom. The Hall–Kier alpha value is -0.340. The van der Waals surface area contributed by atoms with Crippen molar-refractivity contribution in [1.82, 2.24) is 0 Å². The summed E-state index contributed by atoms with van der Waals surface area (Å²) in [7, 11) is 0. The van der Waals surface area contributed by atoms with Gasteiger partial charge >= 0.3 is 0 Å². The Morgan fingerprint density at radius 3 is 2.75 bits per heavy atom. The van der Waals surface area contributed by atoms with E-state index in [9.17, 15) is 0 Å². The van der Waals surface area contributed by atoms with E-state index in [-0.39, 0.29) is 0 Å². The molecule has 2 heteroatoms. The molecule has 68 valence electrons. The van der Waals surface area contributed by atoms with E-state index >= 15 is 0 Å². The van der Waals surface area contributed by atoms with E-state index in [1.165, 1.54) is 25.7 Å². The molecule has 0 spiro atoms. The molecule has 0 amide bonds. The molecule has 0 radical (unpaired) electrons. The first-order chi connectivity index (χ1) is 5.86. The minimum absolute atomic E-state index is 0.425. The van der Waals surface area contributed by atoms with E-state index in [1.54, 1.807) is 11.1 Å². The summed E-state index contributed by atoms with van der Waals surface area (Å²) in [5.41, 5.74) is 9.01. The van der Waals surface area contributed by atoms with E-state index < -0.39 is 0 Å². The summed E-state index contributed by atoms with van der Waals surface area (Å²) >= 11 is 0. The lowest BCUT2D eigenvalue weighted by molar-refractivity contribution is 0.129. The Bertz CT molecular complexity index is 185. The zero-order valence-electron chi connectivity index (χ0n) is 7.51. The van der Waals surface area contributed by atoms with Crippen LogP contribution in [-0.4, -0.2) is 19.3 Å². The molecule has 2 aliphatic rings. The molecule has 0 aromatic heterocycles. The van der Waals surface area contributed by atoms with Crippen LogP contribution in [0.15, 0.2) is 11.1 Å². The van der Waals surface area contributed by atoms with Crippen molar-refractivity contribution in [3.63, 3.8) is 0 Å². The molecule has 1 atom stereocenters. The van der Waals surface area contributed by atoms with Gasteiger partial charge in [0.2, 0.25) is 0 Å². The second kappa shape index (κ2) is 3.58. The van der Waals surface area contributed by atoms with Crippen molar-refractivity contribution < 1.29 is 4.74 Å². The molecule has 1 heterocycles. The van der Waals surface area contributed by atoms with E-state index in [0.29, 0.717) is 6.04 Å². The van der Waals surface area contributed by atoms with Gasteiger partial charge in [-0.3, -0.25) is 0 Å². The van der Waals surface area contributed by atoms with E-state index in [4.69, 9.17) is 10.5 Å². The number of nitrogens with two attached hydrogens (primary N) is 1. The lowest BCUT2D eigenvalue weighted by atomic mass is 10.0. The van der Waals surface area contributed by atoms with Gasteiger partial charge in [0.1, 0.15) is 0 Å². The summed E-state index contributed by atoms with van der Waals surface area (Å²) in [6.07, 6.45) is 5.98. The molecule has 2 rings (SSSR count). The van der Waals surface area contributed by atoms with Crippen LogP contribution in [0.2, 0.25) is 0 Å². The molecule has 1 aliphatic carbocycles. The van der Waals surface area contributed by atoms with Crippen molar-refractivity contribution in [2.45, 2.75) is 38.1 Å². The third-order valence-corrected chi connectivity index (χ3v) is 2.87. The fraction of sp³-hybridized carbons (Fsp3) is 0.800. The Kier molecular flexibility index (Phi) is 2.47. The van der Waals surface area contributed by atoms with Crippen molar-refractivity contribution in [2.75, 3.05) is 13.2 Å². The maximum absolute atomic E-state index is 5.86. The molecular weight excluding hydrogens is 150 g/mol. The summed E-state index contributed by atoms with van der Waals surface area (Å²) in [5.74, 6) is 0. The number of ether oxygens (including phenoxy) is 1. The lowest BCUT2D eigenvalue weighted by Crippen LogP contribution is -2.14. The SMILES string of the molecule is NC1CC/C(=C2\CCCOC2)C1. The van der Waals surface area contributed by atoms with Crippen LogP contribution in [0.1, 0.15) is 32.1 Å². The Labute approximate surface area is 73.8 Å².